The summed E-state index contributed by atoms with van der Waals surface area (Å²) in [5, 5.41) is 4.15. The topological polar surface area (TPSA) is 65.2 Å². The van der Waals surface area contributed by atoms with Gasteiger partial charge in [-0.3, -0.25) is 9.59 Å². The number of likely N-dealkylation sites (tertiary alicyclic amines) is 1. The molecule has 0 aliphatic carbocycles. The van der Waals surface area contributed by atoms with Crippen molar-refractivity contribution in [3.05, 3.63) is 71.4 Å². The fourth-order valence-electron chi connectivity index (χ4n) is 4.10. The maximum Gasteiger partial charge on any atom is 0.227 e. The zero-order valence-electron chi connectivity index (χ0n) is 16.8. The third-order valence-corrected chi connectivity index (χ3v) is 5.78. The third-order valence-electron chi connectivity index (χ3n) is 5.78. The summed E-state index contributed by atoms with van der Waals surface area (Å²) in [5.41, 5.74) is 4.39. The molecule has 0 saturated carbocycles. The predicted octanol–water partition coefficient (Wildman–Crippen LogP) is 3.57. The number of aryl methyl sites for hydroxylation is 1. The standard InChI is InChI=1S/C24H27N3O2/c1-17-5-4-6-18(13-17)15-26-24(29)19-9-11-27(12-10-19)23(28)14-20-16-25-22-8-3-2-7-21(20)22/h2-8,13,16,19,25H,9-12,14-15H2,1H3,(H,26,29). The number of carbonyl (C=O) groups excluding carboxylic acids is 2. The molecular formula is C24H27N3O2. The molecule has 2 heterocycles. The number of piperidine rings is 1. The Hall–Kier alpha value is -3.08. The van der Waals surface area contributed by atoms with Gasteiger partial charge in [0.1, 0.15) is 0 Å². The molecule has 0 bridgehead atoms. The van der Waals surface area contributed by atoms with Crippen LogP contribution in [0.2, 0.25) is 0 Å². The minimum atomic E-state index is -0.0167. The molecule has 0 atom stereocenters. The van der Waals surface area contributed by atoms with Crippen LogP contribution in [0.5, 0.6) is 0 Å². The smallest absolute Gasteiger partial charge is 0.227 e. The molecule has 1 aromatic heterocycles. The predicted molar refractivity (Wildman–Crippen MR) is 114 cm³/mol. The summed E-state index contributed by atoms with van der Waals surface area (Å²) in [7, 11) is 0. The van der Waals surface area contributed by atoms with Gasteiger partial charge in [-0.15, -0.1) is 0 Å². The van der Waals surface area contributed by atoms with E-state index in [-0.39, 0.29) is 17.7 Å². The Kier molecular flexibility index (Phi) is 5.65. The number of benzene rings is 2. The van der Waals surface area contributed by atoms with Crippen LogP contribution in [-0.4, -0.2) is 34.8 Å². The number of aromatic amines is 1. The number of hydrogen-bond acceptors (Lipinski definition) is 2. The highest BCUT2D eigenvalue weighted by atomic mass is 16.2. The molecule has 2 amide bonds. The summed E-state index contributed by atoms with van der Waals surface area (Å²) >= 11 is 0. The lowest BCUT2D eigenvalue weighted by Gasteiger charge is -2.31. The molecule has 1 aliphatic heterocycles. The van der Waals surface area contributed by atoms with Gasteiger partial charge < -0.3 is 15.2 Å². The number of nitrogens with zero attached hydrogens (tertiary/aromatic N) is 1. The van der Waals surface area contributed by atoms with Crippen molar-refractivity contribution in [1.82, 2.24) is 15.2 Å². The van der Waals surface area contributed by atoms with Crippen molar-refractivity contribution < 1.29 is 9.59 Å². The Morgan fingerprint density at radius 3 is 2.69 bits per heavy atom. The van der Waals surface area contributed by atoms with E-state index in [0.29, 0.717) is 26.1 Å². The molecule has 4 rings (SSSR count). The first kappa shape index (κ1) is 19.2. The average Bonchev–Trinajstić information content (AvgIpc) is 3.15. The molecule has 150 valence electrons. The number of fused-ring (bicyclic) bond motifs is 1. The minimum Gasteiger partial charge on any atom is -0.361 e. The highest BCUT2D eigenvalue weighted by Gasteiger charge is 2.27. The highest BCUT2D eigenvalue weighted by molar-refractivity contribution is 5.89. The number of hydrogen-bond donors (Lipinski definition) is 2. The lowest BCUT2D eigenvalue weighted by molar-refractivity contribution is -0.135. The van der Waals surface area contributed by atoms with Crippen LogP contribution >= 0.6 is 0 Å². The first-order valence-electron chi connectivity index (χ1n) is 10.3. The van der Waals surface area contributed by atoms with Crippen molar-refractivity contribution in [2.75, 3.05) is 13.1 Å². The summed E-state index contributed by atoms with van der Waals surface area (Å²) in [4.78, 5) is 30.4. The number of H-pyrrole nitrogens is 1. The average molecular weight is 389 g/mol. The minimum absolute atomic E-state index is 0.0167. The number of para-hydroxylation sites is 1. The molecule has 2 aromatic carbocycles. The Morgan fingerprint density at radius 2 is 1.90 bits per heavy atom. The molecule has 0 radical (unpaired) electrons. The Balaban J connectivity index is 1.27. The summed E-state index contributed by atoms with van der Waals surface area (Å²) in [6.07, 6.45) is 3.76. The zero-order chi connectivity index (χ0) is 20.2. The van der Waals surface area contributed by atoms with Gasteiger partial charge in [-0.25, -0.2) is 0 Å². The Bertz CT molecular complexity index is 1020. The van der Waals surface area contributed by atoms with Gasteiger partial charge in [-0.2, -0.15) is 0 Å². The molecule has 1 fully saturated rings. The first-order valence-corrected chi connectivity index (χ1v) is 10.3. The molecule has 0 spiro atoms. The highest BCUT2D eigenvalue weighted by Crippen LogP contribution is 2.21. The maximum atomic E-state index is 12.7. The van der Waals surface area contributed by atoms with Gasteiger partial charge in [0.15, 0.2) is 0 Å². The number of nitrogens with one attached hydrogen (secondary N) is 2. The molecule has 5 nitrogen and oxygen atoms in total. The van der Waals surface area contributed by atoms with Crippen LogP contribution in [-0.2, 0) is 22.6 Å². The number of carbonyl (C=O) groups is 2. The SMILES string of the molecule is Cc1cccc(CNC(=O)C2CCN(C(=O)Cc3c[nH]c4ccccc34)CC2)c1. The van der Waals surface area contributed by atoms with E-state index < -0.39 is 0 Å². The summed E-state index contributed by atoms with van der Waals surface area (Å²) < 4.78 is 0. The van der Waals surface area contributed by atoms with E-state index in [2.05, 4.69) is 16.4 Å². The first-order chi connectivity index (χ1) is 14.1. The molecule has 1 aliphatic rings. The van der Waals surface area contributed by atoms with Gasteiger partial charge in [0.2, 0.25) is 11.8 Å². The lowest BCUT2D eigenvalue weighted by atomic mass is 9.95. The van der Waals surface area contributed by atoms with E-state index >= 15 is 0 Å². The molecular weight excluding hydrogens is 362 g/mol. The Morgan fingerprint density at radius 1 is 1.10 bits per heavy atom. The van der Waals surface area contributed by atoms with Gasteiger partial charge in [-0.05, 0) is 37.0 Å². The van der Waals surface area contributed by atoms with Gasteiger partial charge in [0.25, 0.3) is 0 Å². The fourth-order valence-corrected chi connectivity index (χ4v) is 4.10. The number of rotatable bonds is 5. The maximum absolute atomic E-state index is 12.7. The van der Waals surface area contributed by atoms with Gasteiger partial charge in [-0.1, -0.05) is 48.0 Å². The molecule has 1 saturated heterocycles. The van der Waals surface area contributed by atoms with E-state index in [1.165, 1.54) is 5.56 Å². The van der Waals surface area contributed by atoms with Gasteiger partial charge >= 0.3 is 0 Å². The molecule has 5 heteroatoms. The van der Waals surface area contributed by atoms with Crippen LogP contribution in [0.4, 0.5) is 0 Å². The summed E-state index contributed by atoms with van der Waals surface area (Å²) in [5.74, 6) is 0.209. The van der Waals surface area contributed by atoms with Crippen LogP contribution in [0.15, 0.2) is 54.7 Å². The van der Waals surface area contributed by atoms with Crippen molar-refractivity contribution in [3.8, 4) is 0 Å². The molecule has 0 unspecified atom stereocenters. The van der Waals surface area contributed by atoms with Crippen molar-refractivity contribution in [1.29, 1.82) is 0 Å². The molecule has 29 heavy (non-hydrogen) atoms. The van der Waals surface area contributed by atoms with Crippen molar-refractivity contribution in [2.45, 2.75) is 32.7 Å². The second kappa shape index (κ2) is 8.52. The van der Waals surface area contributed by atoms with Crippen LogP contribution in [0, 0.1) is 12.8 Å². The largest absolute Gasteiger partial charge is 0.361 e. The lowest BCUT2D eigenvalue weighted by Crippen LogP contribution is -2.43. The molecule has 3 aromatic rings. The van der Waals surface area contributed by atoms with Gasteiger partial charge in [0, 0.05) is 42.7 Å². The summed E-state index contributed by atoms with van der Waals surface area (Å²) in [6, 6.07) is 16.2. The summed E-state index contributed by atoms with van der Waals surface area (Å²) in [6.45, 7) is 3.89. The van der Waals surface area contributed by atoms with Crippen LogP contribution in [0.3, 0.4) is 0 Å². The van der Waals surface area contributed by atoms with E-state index in [0.717, 1.165) is 34.9 Å². The van der Waals surface area contributed by atoms with Crippen molar-refractivity contribution in [2.24, 2.45) is 5.92 Å². The van der Waals surface area contributed by atoms with E-state index in [4.69, 9.17) is 0 Å². The number of amides is 2. The van der Waals surface area contributed by atoms with Crippen LogP contribution < -0.4 is 5.32 Å². The monoisotopic (exact) mass is 389 g/mol. The second-order valence-corrected chi connectivity index (χ2v) is 7.90. The second-order valence-electron chi connectivity index (χ2n) is 7.90. The van der Waals surface area contributed by atoms with Crippen molar-refractivity contribution in [3.63, 3.8) is 0 Å². The van der Waals surface area contributed by atoms with Crippen molar-refractivity contribution >= 4 is 22.7 Å². The van der Waals surface area contributed by atoms with Crippen LogP contribution in [0.25, 0.3) is 10.9 Å². The normalized spacial score (nSPS) is 14.9. The fraction of sp³-hybridized carbons (Fsp3) is 0.333. The van der Waals surface area contributed by atoms with Crippen LogP contribution in [0.1, 0.15) is 29.5 Å². The zero-order valence-corrected chi connectivity index (χ0v) is 16.8. The quantitative estimate of drug-likeness (QED) is 0.701. The van der Waals surface area contributed by atoms with E-state index in [1.807, 2.05) is 60.5 Å². The Labute approximate surface area is 171 Å². The van der Waals surface area contributed by atoms with E-state index in [9.17, 15) is 9.59 Å². The van der Waals surface area contributed by atoms with E-state index in [1.54, 1.807) is 0 Å². The third kappa shape index (κ3) is 4.50. The van der Waals surface area contributed by atoms with Gasteiger partial charge in [0.05, 0.1) is 6.42 Å². The number of aromatic nitrogens is 1. The molecule has 2 N–H and O–H groups in total.